The summed E-state index contributed by atoms with van der Waals surface area (Å²) in [5.74, 6) is 0.864. The van der Waals surface area contributed by atoms with E-state index in [4.69, 9.17) is 27.9 Å². The second-order valence-electron chi connectivity index (χ2n) is 3.32. The summed E-state index contributed by atoms with van der Waals surface area (Å²) in [6.07, 6.45) is 0. The first kappa shape index (κ1) is 12.1. The second kappa shape index (κ2) is 4.85. The van der Waals surface area contributed by atoms with Crippen LogP contribution < -0.4 is 4.74 Å². The van der Waals surface area contributed by atoms with E-state index in [0.29, 0.717) is 33.3 Å². The van der Waals surface area contributed by atoms with E-state index in [0.717, 1.165) is 0 Å². The fourth-order valence-electron chi connectivity index (χ4n) is 1.23. The van der Waals surface area contributed by atoms with Gasteiger partial charge in [0, 0.05) is 11.6 Å². The van der Waals surface area contributed by atoms with Gasteiger partial charge in [-0.25, -0.2) is 15.0 Å². The van der Waals surface area contributed by atoms with Crippen molar-refractivity contribution in [1.29, 1.82) is 0 Å². The molecule has 0 N–H and O–H groups in total. The van der Waals surface area contributed by atoms with E-state index in [1.165, 1.54) is 0 Å². The summed E-state index contributed by atoms with van der Waals surface area (Å²) in [7, 11) is 1.54. The summed E-state index contributed by atoms with van der Waals surface area (Å²) in [6, 6.07) is 5.30. The number of halogens is 2. The molecule has 2 heterocycles. The molecule has 2 aromatic heterocycles. The lowest BCUT2D eigenvalue weighted by Gasteiger charge is -2.05. The van der Waals surface area contributed by atoms with E-state index in [9.17, 15) is 0 Å². The minimum atomic E-state index is 0.324. The molecule has 0 atom stereocenters. The van der Waals surface area contributed by atoms with Gasteiger partial charge in [0.15, 0.2) is 5.82 Å². The molecule has 0 aliphatic rings. The molecule has 0 aromatic carbocycles. The smallest absolute Gasteiger partial charge is 0.213 e. The Morgan fingerprint density at radius 2 is 1.71 bits per heavy atom. The van der Waals surface area contributed by atoms with Crippen molar-refractivity contribution in [3.05, 3.63) is 34.1 Å². The Labute approximate surface area is 109 Å². The number of hydrogen-bond donors (Lipinski definition) is 0. The van der Waals surface area contributed by atoms with Crippen LogP contribution in [-0.2, 0) is 0 Å². The fourth-order valence-corrected chi connectivity index (χ4v) is 1.62. The van der Waals surface area contributed by atoms with Gasteiger partial charge in [-0.05, 0) is 13.0 Å². The number of pyridine rings is 1. The molecule has 0 saturated carbocycles. The highest BCUT2D eigenvalue weighted by Gasteiger charge is 2.10. The van der Waals surface area contributed by atoms with Crippen molar-refractivity contribution in [2.75, 3.05) is 7.11 Å². The van der Waals surface area contributed by atoms with Crippen LogP contribution in [0.3, 0.4) is 0 Å². The topological polar surface area (TPSA) is 47.9 Å². The van der Waals surface area contributed by atoms with E-state index in [1.807, 2.05) is 0 Å². The Bertz CT molecular complexity index is 537. The van der Waals surface area contributed by atoms with Crippen LogP contribution in [0.2, 0.25) is 10.3 Å². The van der Waals surface area contributed by atoms with Crippen LogP contribution >= 0.6 is 23.2 Å². The highest BCUT2D eigenvalue weighted by Crippen LogP contribution is 2.24. The Morgan fingerprint density at radius 1 is 1.06 bits per heavy atom. The summed E-state index contributed by atoms with van der Waals surface area (Å²) in [5.41, 5.74) is 1.22. The zero-order valence-corrected chi connectivity index (χ0v) is 10.7. The largest absolute Gasteiger partial charge is 0.481 e. The zero-order chi connectivity index (χ0) is 12.4. The van der Waals surface area contributed by atoms with Crippen molar-refractivity contribution in [2.24, 2.45) is 0 Å². The van der Waals surface area contributed by atoms with Gasteiger partial charge in [0.05, 0.1) is 7.11 Å². The first-order valence-electron chi connectivity index (χ1n) is 4.83. The third kappa shape index (κ3) is 2.48. The molecule has 4 nitrogen and oxygen atoms in total. The first-order chi connectivity index (χ1) is 8.11. The average Bonchev–Trinajstić information content (AvgIpc) is 2.35. The van der Waals surface area contributed by atoms with Crippen molar-refractivity contribution >= 4 is 23.2 Å². The number of nitrogens with zero attached hydrogens (tertiary/aromatic N) is 3. The molecule has 0 spiro atoms. The second-order valence-corrected chi connectivity index (χ2v) is 4.04. The summed E-state index contributed by atoms with van der Waals surface area (Å²) < 4.78 is 5.03. The van der Waals surface area contributed by atoms with Crippen LogP contribution in [0.4, 0.5) is 0 Å². The molecule has 2 aromatic rings. The van der Waals surface area contributed by atoms with Crippen molar-refractivity contribution in [3.63, 3.8) is 0 Å². The van der Waals surface area contributed by atoms with Gasteiger partial charge in [0.1, 0.15) is 16.0 Å². The minimum absolute atomic E-state index is 0.324. The Morgan fingerprint density at radius 3 is 2.29 bits per heavy atom. The van der Waals surface area contributed by atoms with Gasteiger partial charge in [0.25, 0.3) is 0 Å². The van der Waals surface area contributed by atoms with Gasteiger partial charge in [0.2, 0.25) is 5.88 Å². The molecule has 0 unspecified atom stereocenters. The third-order valence-corrected chi connectivity index (χ3v) is 2.92. The van der Waals surface area contributed by atoms with Crippen LogP contribution in [0, 0.1) is 6.92 Å². The molecule has 0 bridgehead atoms. The van der Waals surface area contributed by atoms with Gasteiger partial charge < -0.3 is 4.74 Å². The van der Waals surface area contributed by atoms with Crippen molar-refractivity contribution in [1.82, 2.24) is 15.0 Å². The first-order valence-corrected chi connectivity index (χ1v) is 5.58. The zero-order valence-electron chi connectivity index (χ0n) is 9.24. The Kier molecular flexibility index (Phi) is 3.45. The lowest BCUT2D eigenvalue weighted by Crippen LogP contribution is -1.97. The summed E-state index contributed by atoms with van der Waals surface area (Å²) >= 11 is 11.9. The van der Waals surface area contributed by atoms with Gasteiger partial charge >= 0.3 is 0 Å². The van der Waals surface area contributed by atoms with Gasteiger partial charge in [-0.1, -0.05) is 29.3 Å². The quantitative estimate of drug-likeness (QED) is 0.786. The lowest BCUT2D eigenvalue weighted by atomic mass is 10.3. The third-order valence-electron chi connectivity index (χ3n) is 2.19. The van der Waals surface area contributed by atoms with Gasteiger partial charge in [-0.15, -0.1) is 0 Å². The van der Waals surface area contributed by atoms with Crippen LogP contribution in [-0.4, -0.2) is 22.1 Å². The summed E-state index contributed by atoms with van der Waals surface area (Å²) in [4.78, 5) is 12.5. The predicted molar refractivity (Wildman–Crippen MR) is 66.6 cm³/mol. The predicted octanol–water partition coefficient (Wildman–Crippen LogP) is 3.16. The van der Waals surface area contributed by atoms with E-state index in [1.54, 1.807) is 32.2 Å². The summed E-state index contributed by atoms with van der Waals surface area (Å²) in [5, 5.41) is 0.647. The Hall–Kier alpha value is -1.39. The number of aromatic nitrogens is 3. The molecule has 0 aliphatic carbocycles. The van der Waals surface area contributed by atoms with Gasteiger partial charge in [-0.3, -0.25) is 0 Å². The van der Waals surface area contributed by atoms with Crippen LogP contribution in [0.15, 0.2) is 18.2 Å². The molecule has 0 saturated heterocycles. The molecule has 0 amide bonds. The van der Waals surface area contributed by atoms with Crippen molar-refractivity contribution < 1.29 is 4.74 Å². The maximum absolute atomic E-state index is 5.95. The standard InChI is InChI=1S/C11H9Cl2N3O/c1-6-9(12)15-11(16-10(6)13)7-4-3-5-8(14-7)17-2/h3-5H,1-2H3. The van der Waals surface area contributed by atoms with E-state index >= 15 is 0 Å². The molecule has 0 fully saturated rings. The molecule has 0 aliphatic heterocycles. The molecule has 0 radical (unpaired) electrons. The molecular formula is C11H9Cl2N3O. The monoisotopic (exact) mass is 269 g/mol. The fraction of sp³-hybridized carbons (Fsp3) is 0.182. The molecule has 6 heteroatoms. The maximum atomic E-state index is 5.95. The minimum Gasteiger partial charge on any atom is -0.481 e. The summed E-state index contributed by atoms with van der Waals surface area (Å²) in [6.45, 7) is 1.76. The van der Waals surface area contributed by atoms with E-state index in [-0.39, 0.29) is 0 Å². The number of ether oxygens (including phenoxy) is 1. The lowest BCUT2D eigenvalue weighted by molar-refractivity contribution is 0.398. The van der Waals surface area contributed by atoms with Crippen molar-refractivity contribution in [3.8, 4) is 17.4 Å². The highest BCUT2D eigenvalue weighted by atomic mass is 35.5. The molecule has 17 heavy (non-hydrogen) atoms. The number of hydrogen-bond acceptors (Lipinski definition) is 4. The number of methoxy groups -OCH3 is 1. The van der Waals surface area contributed by atoms with Gasteiger partial charge in [-0.2, -0.15) is 0 Å². The van der Waals surface area contributed by atoms with Crippen LogP contribution in [0.5, 0.6) is 5.88 Å². The van der Waals surface area contributed by atoms with E-state index < -0.39 is 0 Å². The average molecular weight is 270 g/mol. The maximum Gasteiger partial charge on any atom is 0.213 e. The van der Waals surface area contributed by atoms with Crippen LogP contribution in [0.1, 0.15) is 5.56 Å². The highest BCUT2D eigenvalue weighted by molar-refractivity contribution is 6.34. The number of rotatable bonds is 2. The van der Waals surface area contributed by atoms with E-state index in [2.05, 4.69) is 15.0 Å². The SMILES string of the molecule is COc1cccc(-c2nc(Cl)c(C)c(Cl)n2)n1. The normalized spacial score (nSPS) is 10.4. The Balaban J connectivity index is 2.52. The molecule has 88 valence electrons. The van der Waals surface area contributed by atoms with Crippen LogP contribution in [0.25, 0.3) is 11.5 Å². The molecular weight excluding hydrogens is 261 g/mol. The van der Waals surface area contributed by atoms with Crippen molar-refractivity contribution in [2.45, 2.75) is 6.92 Å². The molecule has 2 rings (SSSR count).